The number of carbonyl (C=O) groups is 4. The van der Waals surface area contributed by atoms with E-state index in [1.165, 1.54) is 54.6 Å². The Morgan fingerprint density at radius 1 is 0.660 bits per heavy atom. The van der Waals surface area contributed by atoms with Crippen molar-refractivity contribution in [3.05, 3.63) is 132 Å². The number of alkyl halides is 3. The summed E-state index contributed by atoms with van der Waals surface area (Å²) in [6.45, 7) is -0.471. The van der Waals surface area contributed by atoms with Gasteiger partial charge in [-0.25, -0.2) is 14.4 Å². The Kier molecular flexibility index (Phi) is 10.2. The van der Waals surface area contributed by atoms with Crippen LogP contribution in [0.2, 0.25) is 0 Å². The molecule has 13 heteroatoms. The van der Waals surface area contributed by atoms with Gasteiger partial charge in [-0.2, -0.15) is 13.2 Å². The first-order chi connectivity index (χ1) is 22.6. The molecule has 1 aliphatic rings. The van der Waals surface area contributed by atoms with Crippen LogP contribution >= 0.6 is 0 Å². The van der Waals surface area contributed by atoms with Crippen LogP contribution in [0.25, 0.3) is 0 Å². The van der Waals surface area contributed by atoms with Crippen LogP contribution in [-0.4, -0.2) is 61.2 Å². The van der Waals surface area contributed by atoms with E-state index >= 15 is 0 Å². The predicted octanol–water partition coefficient (Wildman–Crippen LogP) is 5.60. The van der Waals surface area contributed by atoms with Gasteiger partial charge in [0, 0.05) is 11.8 Å². The molecule has 0 unspecified atom stereocenters. The lowest BCUT2D eigenvalue weighted by Crippen LogP contribution is -2.43. The van der Waals surface area contributed by atoms with Crippen LogP contribution in [0.1, 0.15) is 31.1 Å². The van der Waals surface area contributed by atoms with E-state index < -0.39 is 61.2 Å². The van der Waals surface area contributed by atoms with Crippen molar-refractivity contribution >= 4 is 29.5 Å². The number of halogens is 3. The highest BCUT2D eigenvalue weighted by molar-refractivity contribution is 5.95. The van der Waals surface area contributed by atoms with Gasteiger partial charge in [0.15, 0.2) is 6.10 Å². The Hall–Kier alpha value is -5.69. The molecule has 0 spiro atoms. The quantitative estimate of drug-likeness (QED) is 0.173. The number of hydrogen-bond donors (Lipinski definition) is 1. The van der Waals surface area contributed by atoms with Gasteiger partial charge in [0.1, 0.15) is 18.5 Å². The SMILES string of the molecule is O=C(OC[C@H]1O[C@@H](Oc2cccc(NC(=O)C(F)(F)F)c2)[C@H](OC(=O)c2ccccc2)[C@@H]1OC(=O)c1ccccc1)c1ccccc1. The van der Waals surface area contributed by atoms with Crippen LogP contribution in [0.3, 0.4) is 0 Å². The van der Waals surface area contributed by atoms with Crippen LogP contribution in [0.15, 0.2) is 115 Å². The van der Waals surface area contributed by atoms with Crippen molar-refractivity contribution in [2.24, 2.45) is 0 Å². The summed E-state index contributed by atoms with van der Waals surface area (Å²) in [5.74, 6) is -4.64. The minimum atomic E-state index is -5.14. The maximum atomic E-state index is 13.2. The van der Waals surface area contributed by atoms with Gasteiger partial charge in [-0.05, 0) is 48.5 Å². The third-order valence-corrected chi connectivity index (χ3v) is 6.76. The second kappa shape index (κ2) is 14.6. The van der Waals surface area contributed by atoms with Crippen LogP contribution < -0.4 is 10.1 Å². The molecule has 1 N–H and O–H groups in total. The van der Waals surface area contributed by atoms with E-state index in [0.29, 0.717) is 0 Å². The summed E-state index contributed by atoms with van der Waals surface area (Å²) in [5.41, 5.74) is 0.301. The second-order valence-corrected chi connectivity index (χ2v) is 10.1. The Balaban J connectivity index is 1.44. The molecule has 1 aliphatic heterocycles. The molecule has 5 rings (SSSR count). The lowest BCUT2D eigenvalue weighted by molar-refractivity contribution is -0.167. The number of benzene rings is 4. The maximum absolute atomic E-state index is 13.2. The Bertz CT molecular complexity index is 1700. The van der Waals surface area contributed by atoms with Crippen LogP contribution in [0.4, 0.5) is 18.9 Å². The zero-order chi connectivity index (χ0) is 33.4. The summed E-state index contributed by atoms with van der Waals surface area (Å²) < 4.78 is 67.4. The molecule has 0 bridgehead atoms. The molecule has 0 aromatic heterocycles. The summed E-state index contributed by atoms with van der Waals surface area (Å²) in [6, 6.07) is 28.8. The number of esters is 3. The number of ether oxygens (including phenoxy) is 5. The molecule has 0 aliphatic carbocycles. The molecule has 4 aromatic rings. The molecular formula is C34H26F3NO9. The van der Waals surface area contributed by atoms with Crippen molar-refractivity contribution < 1.29 is 56.0 Å². The van der Waals surface area contributed by atoms with Crippen molar-refractivity contribution in [3.8, 4) is 5.75 Å². The Morgan fingerprint density at radius 2 is 1.17 bits per heavy atom. The van der Waals surface area contributed by atoms with Gasteiger partial charge in [-0.1, -0.05) is 60.7 Å². The Morgan fingerprint density at radius 3 is 1.70 bits per heavy atom. The molecule has 4 aromatic carbocycles. The third-order valence-electron chi connectivity index (χ3n) is 6.76. The molecule has 1 fully saturated rings. The minimum absolute atomic E-state index is 0.0919. The summed E-state index contributed by atoms with van der Waals surface area (Å²) >= 11 is 0. The summed E-state index contributed by atoms with van der Waals surface area (Å²) in [7, 11) is 0. The van der Waals surface area contributed by atoms with Gasteiger partial charge in [0.05, 0.1) is 16.7 Å². The average molecular weight is 650 g/mol. The first-order valence-electron chi connectivity index (χ1n) is 14.1. The van der Waals surface area contributed by atoms with E-state index in [1.807, 2.05) is 0 Å². The highest BCUT2D eigenvalue weighted by Crippen LogP contribution is 2.32. The van der Waals surface area contributed by atoms with Crippen molar-refractivity contribution in [1.82, 2.24) is 0 Å². The van der Waals surface area contributed by atoms with Crippen molar-refractivity contribution in [2.45, 2.75) is 30.8 Å². The number of hydrogen-bond acceptors (Lipinski definition) is 9. The van der Waals surface area contributed by atoms with Gasteiger partial charge in [0.2, 0.25) is 12.4 Å². The fourth-order valence-corrected chi connectivity index (χ4v) is 4.52. The second-order valence-electron chi connectivity index (χ2n) is 10.1. The molecule has 1 heterocycles. The average Bonchev–Trinajstić information content (AvgIpc) is 3.38. The molecule has 47 heavy (non-hydrogen) atoms. The lowest BCUT2D eigenvalue weighted by Gasteiger charge is -2.24. The predicted molar refractivity (Wildman–Crippen MR) is 158 cm³/mol. The molecular weight excluding hydrogens is 623 g/mol. The number of nitrogens with one attached hydrogen (secondary N) is 1. The van der Waals surface area contributed by atoms with Crippen molar-refractivity contribution in [3.63, 3.8) is 0 Å². The highest BCUT2D eigenvalue weighted by atomic mass is 19.4. The third kappa shape index (κ3) is 8.52. The van der Waals surface area contributed by atoms with Gasteiger partial charge >= 0.3 is 30.0 Å². The van der Waals surface area contributed by atoms with E-state index in [1.54, 1.807) is 59.9 Å². The summed E-state index contributed by atoms with van der Waals surface area (Å²) in [4.78, 5) is 50.6. The monoisotopic (exact) mass is 649 g/mol. The first kappa shape index (κ1) is 32.7. The number of rotatable bonds is 10. The summed E-state index contributed by atoms with van der Waals surface area (Å²) in [6.07, 6.45) is -10.8. The summed E-state index contributed by atoms with van der Waals surface area (Å²) in [5, 5.41) is 1.73. The van der Waals surface area contributed by atoms with E-state index in [-0.39, 0.29) is 28.1 Å². The lowest BCUT2D eigenvalue weighted by atomic mass is 10.1. The first-order valence-corrected chi connectivity index (χ1v) is 14.1. The van der Waals surface area contributed by atoms with Gasteiger partial charge < -0.3 is 29.0 Å². The molecule has 1 saturated heterocycles. The van der Waals surface area contributed by atoms with Crippen LogP contribution in [-0.2, 0) is 23.7 Å². The van der Waals surface area contributed by atoms with Crippen molar-refractivity contribution in [2.75, 3.05) is 11.9 Å². The normalized spacial score (nSPS) is 18.9. The number of amides is 1. The molecule has 1 amide bonds. The standard InChI is InChI=1S/C34H26F3NO9/c35-34(36,37)33(42)38-24-17-10-18-25(19-24)44-32-28(47-31(41)23-15-8-3-9-16-23)27(46-30(40)22-13-6-2-7-14-22)26(45-32)20-43-29(39)21-11-4-1-5-12-21/h1-19,26-28,32H,20H2,(H,38,42)/t26-,27-,28-,32-/m1/s1. The van der Waals surface area contributed by atoms with E-state index in [9.17, 15) is 32.3 Å². The van der Waals surface area contributed by atoms with Gasteiger partial charge in [0.25, 0.3) is 0 Å². The maximum Gasteiger partial charge on any atom is 0.471 e. The number of carbonyl (C=O) groups excluding carboxylic acids is 4. The minimum Gasteiger partial charge on any atom is -0.461 e. The molecule has 0 radical (unpaired) electrons. The topological polar surface area (TPSA) is 126 Å². The zero-order valence-electron chi connectivity index (χ0n) is 24.3. The van der Waals surface area contributed by atoms with Crippen molar-refractivity contribution in [1.29, 1.82) is 0 Å². The molecule has 4 atom stereocenters. The number of anilines is 1. The van der Waals surface area contributed by atoms with E-state index in [4.69, 9.17) is 23.7 Å². The largest absolute Gasteiger partial charge is 0.471 e. The zero-order valence-corrected chi connectivity index (χ0v) is 24.3. The Labute approximate surface area is 266 Å². The van der Waals surface area contributed by atoms with Gasteiger partial charge in [-0.15, -0.1) is 0 Å². The fraction of sp³-hybridized carbons (Fsp3) is 0.176. The highest BCUT2D eigenvalue weighted by Gasteiger charge is 2.52. The fourth-order valence-electron chi connectivity index (χ4n) is 4.52. The van der Waals surface area contributed by atoms with Crippen LogP contribution in [0.5, 0.6) is 5.75 Å². The smallest absolute Gasteiger partial charge is 0.461 e. The van der Waals surface area contributed by atoms with E-state index in [0.717, 1.165) is 6.07 Å². The molecule has 242 valence electrons. The van der Waals surface area contributed by atoms with Gasteiger partial charge in [-0.3, -0.25) is 4.79 Å². The van der Waals surface area contributed by atoms with E-state index in [2.05, 4.69) is 0 Å². The van der Waals surface area contributed by atoms with Crippen LogP contribution in [0, 0.1) is 0 Å². The molecule has 10 nitrogen and oxygen atoms in total. The molecule has 0 saturated carbocycles.